The lowest BCUT2D eigenvalue weighted by Crippen LogP contribution is -2.53. The number of ether oxygens (including phenoxy) is 3. The highest BCUT2D eigenvalue weighted by atomic mass is 19.4. The predicted octanol–water partition coefficient (Wildman–Crippen LogP) is 7.18. The molecule has 64 heavy (non-hydrogen) atoms. The van der Waals surface area contributed by atoms with E-state index in [1.54, 1.807) is 34.2 Å². The van der Waals surface area contributed by atoms with Crippen LogP contribution in [0.5, 0.6) is 5.75 Å². The first kappa shape index (κ1) is 45.8. The van der Waals surface area contributed by atoms with Crippen LogP contribution in [-0.4, -0.2) is 114 Å². The van der Waals surface area contributed by atoms with Gasteiger partial charge in [-0.05, 0) is 60.4 Å². The summed E-state index contributed by atoms with van der Waals surface area (Å²) in [5.41, 5.74) is 0.168. The van der Waals surface area contributed by atoms with E-state index in [9.17, 15) is 32.3 Å². The number of pyridine rings is 1. The number of methoxy groups -OCH3 is 1. The minimum atomic E-state index is -5.14. The van der Waals surface area contributed by atoms with Gasteiger partial charge in [0.2, 0.25) is 11.8 Å². The van der Waals surface area contributed by atoms with Crippen molar-refractivity contribution >= 4 is 35.3 Å². The molecule has 0 radical (unpaired) electrons. The second kappa shape index (κ2) is 18.8. The zero-order chi connectivity index (χ0) is 45.9. The number of carbonyl (C=O) groups is 4. The summed E-state index contributed by atoms with van der Waals surface area (Å²) in [5, 5.41) is 5.08. The standard InChI is InChI=1S/C45H52F4N8O7/c1-26-20-35(57(25-26)41(59)38(54-43(61)62-5)29-12-18-63-19-13-29)39-51-24-34(52-39)28-8-6-27(7-9-28)31-21-32(46)33(22-36(31)64-45(47,48)49)53-40(58)30-10-11-37(50-23-30)55-14-16-56(17-15-55)42(60)44(2,3)4/h6-11,21-24,26,29,35,38H,12-20,25H2,1-5H3,(H,51,52)(H,53,58)(H,54,61). The predicted molar refractivity (Wildman–Crippen MR) is 228 cm³/mol. The van der Waals surface area contributed by atoms with E-state index in [4.69, 9.17) is 9.47 Å². The molecule has 4 aromatic rings. The van der Waals surface area contributed by atoms with Crippen molar-refractivity contribution in [1.82, 2.24) is 30.1 Å². The summed E-state index contributed by atoms with van der Waals surface area (Å²) in [6.45, 7) is 11.1. The first-order valence-electron chi connectivity index (χ1n) is 21.2. The SMILES string of the molecule is COC(=O)NC(C(=O)N1CC(C)CC1c1ncc(-c2ccc(-c3cc(F)c(NC(=O)c4ccc(N5CCN(C(=O)C(C)(C)C)CC5)nc4)cc3OC(F)(F)F)cc2)[nH]1)C1CCOCC1. The highest BCUT2D eigenvalue weighted by Gasteiger charge is 2.42. The average Bonchev–Trinajstić information content (AvgIpc) is 3.93. The molecule has 3 atom stereocenters. The molecule has 2 aromatic carbocycles. The van der Waals surface area contributed by atoms with E-state index in [0.29, 0.717) is 88.1 Å². The molecule has 342 valence electrons. The topological polar surface area (TPSA) is 171 Å². The van der Waals surface area contributed by atoms with Crippen molar-refractivity contribution in [3.63, 3.8) is 0 Å². The molecule has 3 unspecified atom stereocenters. The molecule has 0 bridgehead atoms. The molecule has 19 heteroatoms. The summed E-state index contributed by atoms with van der Waals surface area (Å²) in [6.07, 6.45) is -1.14. The van der Waals surface area contributed by atoms with Crippen molar-refractivity contribution in [3.8, 4) is 28.1 Å². The van der Waals surface area contributed by atoms with Gasteiger partial charge in [0, 0.05) is 69.2 Å². The highest BCUT2D eigenvalue weighted by molar-refractivity contribution is 6.04. The molecule has 0 aliphatic carbocycles. The van der Waals surface area contributed by atoms with Gasteiger partial charge in [0.15, 0.2) is 0 Å². The Labute approximate surface area is 367 Å². The van der Waals surface area contributed by atoms with Crippen LogP contribution in [0.3, 0.4) is 0 Å². The smallest absolute Gasteiger partial charge is 0.453 e. The number of alkyl halides is 3. The van der Waals surface area contributed by atoms with Gasteiger partial charge in [0.05, 0.1) is 36.3 Å². The van der Waals surface area contributed by atoms with Crippen LogP contribution in [0.2, 0.25) is 0 Å². The van der Waals surface area contributed by atoms with Crippen molar-refractivity contribution in [1.29, 1.82) is 0 Å². The Morgan fingerprint density at radius 2 is 1.61 bits per heavy atom. The summed E-state index contributed by atoms with van der Waals surface area (Å²) >= 11 is 0. The average molecular weight is 893 g/mol. The van der Waals surface area contributed by atoms with Gasteiger partial charge in [-0.15, -0.1) is 13.2 Å². The number of nitrogens with zero attached hydrogens (tertiary/aromatic N) is 5. The number of alkyl carbamates (subject to hydrolysis) is 1. The second-order valence-electron chi connectivity index (χ2n) is 17.4. The molecule has 4 amide bonds. The van der Waals surface area contributed by atoms with Gasteiger partial charge in [-0.25, -0.2) is 19.2 Å². The number of piperazine rings is 1. The number of H-pyrrole nitrogens is 1. The molecule has 0 spiro atoms. The molecule has 5 heterocycles. The van der Waals surface area contributed by atoms with Gasteiger partial charge in [-0.1, -0.05) is 52.0 Å². The number of rotatable bonds is 10. The summed E-state index contributed by atoms with van der Waals surface area (Å²) < 4.78 is 71.5. The van der Waals surface area contributed by atoms with E-state index in [2.05, 4.69) is 30.3 Å². The maximum Gasteiger partial charge on any atom is 0.573 e. The molecular weight excluding hydrogens is 841 g/mol. The Morgan fingerprint density at radius 3 is 2.23 bits per heavy atom. The quantitative estimate of drug-likeness (QED) is 0.139. The molecule has 2 aromatic heterocycles. The summed E-state index contributed by atoms with van der Waals surface area (Å²) in [4.78, 5) is 70.0. The maximum absolute atomic E-state index is 15.7. The van der Waals surface area contributed by atoms with Crippen molar-refractivity contribution in [2.75, 3.05) is 63.3 Å². The van der Waals surface area contributed by atoms with Gasteiger partial charge in [0.1, 0.15) is 29.3 Å². The van der Waals surface area contributed by atoms with Crippen molar-refractivity contribution in [2.45, 2.75) is 65.4 Å². The lowest BCUT2D eigenvalue weighted by Gasteiger charge is -2.38. The molecule has 3 aliphatic rings. The fraction of sp³-hybridized carbons (Fsp3) is 0.467. The number of imidazole rings is 1. The minimum absolute atomic E-state index is 0.0427. The Balaban J connectivity index is 1.05. The number of hydrogen-bond acceptors (Lipinski definition) is 10. The van der Waals surface area contributed by atoms with E-state index in [0.717, 1.165) is 12.1 Å². The second-order valence-corrected chi connectivity index (χ2v) is 17.4. The van der Waals surface area contributed by atoms with Gasteiger partial charge in [0.25, 0.3) is 5.91 Å². The number of amides is 4. The van der Waals surface area contributed by atoms with Crippen LogP contribution < -0.4 is 20.3 Å². The Bertz CT molecular complexity index is 2320. The van der Waals surface area contributed by atoms with Crippen molar-refractivity contribution < 1.29 is 51.0 Å². The van der Waals surface area contributed by atoms with Crippen LogP contribution in [0.15, 0.2) is 60.9 Å². The van der Waals surface area contributed by atoms with E-state index >= 15 is 4.39 Å². The van der Waals surface area contributed by atoms with Crippen LogP contribution in [0.1, 0.15) is 69.2 Å². The van der Waals surface area contributed by atoms with E-state index in [1.165, 1.54) is 31.5 Å². The third kappa shape index (κ3) is 10.6. The molecule has 15 nitrogen and oxygen atoms in total. The van der Waals surface area contributed by atoms with Crippen LogP contribution in [0.4, 0.5) is 33.9 Å². The lowest BCUT2D eigenvalue weighted by atomic mass is 9.90. The number of benzene rings is 2. The summed E-state index contributed by atoms with van der Waals surface area (Å²) in [5.74, 6) is -1.63. The molecular formula is C45H52F4N8O7. The Kier molecular flexibility index (Phi) is 13.5. The molecule has 7 rings (SSSR count). The number of anilines is 2. The molecule has 3 fully saturated rings. The largest absolute Gasteiger partial charge is 0.573 e. The van der Waals surface area contributed by atoms with Gasteiger partial charge < -0.3 is 44.5 Å². The maximum atomic E-state index is 15.7. The zero-order valence-corrected chi connectivity index (χ0v) is 36.3. The Hall–Kier alpha value is -6.24. The number of aromatic nitrogens is 3. The first-order valence-corrected chi connectivity index (χ1v) is 21.2. The van der Waals surface area contributed by atoms with Crippen molar-refractivity contribution in [2.24, 2.45) is 17.3 Å². The van der Waals surface area contributed by atoms with E-state index in [-0.39, 0.29) is 40.3 Å². The normalized spacial score (nSPS) is 19.0. The van der Waals surface area contributed by atoms with Gasteiger partial charge >= 0.3 is 12.5 Å². The van der Waals surface area contributed by atoms with E-state index < -0.39 is 53.1 Å². The number of likely N-dealkylation sites (tertiary alicyclic amines) is 1. The summed E-state index contributed by atoms with van der Waals surface area (Å²) in [7, 11) is 1.24. The molecule has 3 N–H and O–H groups in total. The number of aromatic amines is 1. The van der Waals surface area contributed by atoms with Crippen LogP contribution in [0, 0.1) is 23.1 Å². The van der Waals surface area contributed by atoms with Crippen LogP contribution in [-0.2, 0) is 19.1 Å². The fourth-order valence-corrected chi connectivity index (χ4v) is 8.42. The Morgan fingerprint density at radius 1 is 0.922 bits per heavy atom. The molecule has 3 aliphatic heterocycles. The van der Waals surface area contributed by atoms with Crippen molar-refractivity contribution in [3.05, 3.63) is 78.1 Å². The fourth-order valence-electron chi connectivity index (χ4n) is 8.42. The van der Waals surface area contributed by atoms with Gasteiger partial charge in [-0.2, -0.15) is 0 Å². The number of carbonyl (C=O) groups excluding carboxylic acids is 4. The van der Waals surface area contributed by atoms with E-state index in [1.807, 2.05) is 32.6 Å². The molecule has 0 saturated carbocycles. The number of halogens is 4. The van der Waals surface area contributed by atoms with Crippen LogP contribution in [0.25, 0.3) is 22.4 Å². The minimum Gasteiger partial charge on any atom is -0.453 e. The monoisotopic (exact) mass is 892 g/mol. The van der Waals surface area contributed by atoms with Gasteiger partial charge in [-0.3, -0.25) is 14.4 Å². The number of hydrogen-bond donors (Lipinski definition) is 3. The number of nitrogens with one attached hydrogen (secondary N) is 3. The van der Waals surface area contributed by atoms with Crippen LogP contribution >= 0.6 is 0 Å². The lowest BCUT2D eigenvalue weighted by molar-refractivity contribution is -0.274. The third-order valence-electron chi connectivity index (χ3n) is 11.8. The summed E-state index contributed by atoms with van der Waals surface area (Å²) in [6, 6.07) is 9.77. The third-order valence-corrected chi connectivity index (χ3v) is 11.8. The highest BCUT2D eigenvalue weighted by Crippen LogP contribution is 2.40. The first-order chi connectivity index (χ1) is 30.4. The molecule has 3 saturated heterocycles. The zero-order valence-electron chi connectivity index (χ0n) is 36.3.